The van der Waals surface area contributed by atoms with Crippen molar-refractivity contribution in [3.05, 3.63) is 36.7 Å². The summed E-state index contributed by atoms with van der Waals surface area (Å²) in [5.74, 6) is -1.26. The molecule has 0 unspecified atom stereocenters. The lowest BCUT2D eigenvalue weighted by Gasteiger charge is -2.21. The number of carboxylic acids is 1. The van der Waals surface area contributed by atoms with Gasteiger partial charge < -0.3 is 15.3 Å². The number of rotatable bonds is 6. The first-order valence-electron chi connectivity index (χ1n) is 5.34. The van der Waals surface area contributed by atoms with Crippen molar-refractivity contribution in [3.8, 4) is 0 Å². The zero-order valence-corrected chi connectivity index (χ0v) is 10.1. The number of nitrogens with one attached hydrogen (secondary N) is 1. The molecule has 0 fully saturated rings. The van der Waals surface area contributed by atoms with Crippen molar-refractivity contribution >= 4 is 17.6 Å². The van der Waals surface area contributed by atoms with Crippen LogP contribution in [0.4, 0.5) is 5.69 Å². The van der Waals surface area contributed by atoms with Crippen LogP contribution < -0.4 is 10.2 Å². The second kappa shape index (κ2) is 6.39. The molecule has 1 rings (SSSR count). The number of nitrogens with zero attached hydrogens (tertiary/aromatic N) is 2. The SMILES string of the molecule is C=CCN(CC(=O)O)c1ccnc(C(=O)NC)c1. The molecule has 2 N–H and O–H groups in total. The lowest BCUT2D eigenvalue weighted by molar-refractivity contribution is -0.135. The average Bonchev–Trinajstić information content (AvgIpc) is 2.37. The number of pyridine rings is 1. The fourth-order valence-corrected chi connectivity index (χ4v) is 1.45. The molecule has 18 heavy (non-hydrogen) atoms. The van der Waals surface area contributed by atoms with E-state index in [0.717, 1.165) is 0 Å². The number of anilines is 1. The van der Waals surface area contributed by atoms with Crippen LogP contribution in [-0.4, -0.2) is 42.1 Å². The zero-order valence-electron chi connectivity index (χ0n) is 10.1. The first-order valence-corrected chi connectivity index (χ1v) is 5.34. The van der Waals surface area contributed by atoms with Crippen molar-refractivity contribution in [3.63, 3.8) is 0 Å². The van der Waals surface area contributed by atoms with E-state index in [0.29, 0.717) is 12.2 Å². The Kier molecular flexibility index (Phi) is 4.86. The van der Waals surface area contributed by atoms with Crippen molar-refractivity contribution in [2.45, 2.75) is 0 Å². The fourth-order valence-electron chi connectivity index (χ4n) is 1.45. The predicted octanol–water partition coefficient (Wildman–Crippen LogP) is 0.518. The summed E-state index contributed by atoms with van der Waals surface area (Å²) < 4.78 is 0. The summed E-state index contributed by atoms with van der Waals surface area (Å²) in [6.07, 6.45) is 3.07. The quantitative estimate of drug-likeness (QED) is 0.718. The van der Waals surface area contributed by atoms with Gasteiger partial charge in [-0.1, -0.05) is 6.08 Å². The maximum atomic E-state index is 11.4. The van der Waals surface area contributed by atoms with E-state index in [2.05, 4.69) is 16.9 Å². The number of carbonyl (C=O) groups is 2. The molecule has 0 bridgehead atoms. The smallest absolute Gasteiger partial charge is 0.323 e. The molecule has 0 saturated heterocycles. The van der Waals surface area contributed by atoms with Crippen molar-refractivity contribution in [1.29, 1.82) is 0 Å². The molecule has 6 heteroatoms. The van der Waals surface area contributed by atoms with E-state index in [1.165, 1.54) is 13.2 Å². The van der Waals surface area contributed by atoms with Gasteiger partial charge in [0.2, 0.25) is 0 Å². The van der Waals surface area contributed by atoms with Crippen LogP contribution in [0.25, 0.3) is 0 Å². The van der Waals surface area contributed by atoms with Crippen LogP contribution in [0.1, 0.15) is 10.5 Å². The second-order valence-corrected chi connectivity index (χ2v) is 3.54. The molecule has 1 aromatic rings. The molecule has 0 atom stereocenters. The summed E-state index contributed by atoms with van der Waals surface area (Å²) in [7, 11) is 1.51. The Hall–Kier alpha value is -2.37. The van der Waals surface area contributed by atoms with Crippen LogP contribution in [0.15, 0.2) is 31.0 Å². The molecule has 0 aliphatic rings. The van der Waals surface area contributed by atoms with Gasteiger partial charge in [-0.2, -0.15) is 0 Å². The van der Waals surface area contributed by atoms with Gasteiger partial charge in [-0.05, 0) is 12.1 Å². The van der Waals surface area contributed by atoms with Crippen molar-refractivity contribution in [2.75, 3.05) is 25.0 Å². The molecule has 0 aliphatic carbocycles. The minimum absolute atomic E-state index is 0.163. The Bertz CT molecular complexity index is 460. The van der Waals surface area contributed by atoms with Crippen LogP contribution in [0.3, 0.4) is 0 Å². The third-order valence-electron chi connectivity index (χ3n) is 2.24. The van der Waals surface area contributed by atoms with Gasteiger partial charge in [-0.3, -0.25) is 14.6 Å². The lowest BCUT2D eigenvalue weighted by Crippen LogP contribution is -2.30. The molecule has 0 saturated carbocycles. The van der Waals surface area contributed by atoms with Gasteiger partial charge in [-0.15, -0.1) is 6.58 Å². The topological polar surface area (TPSA) is 82.5 Å². The van der Waals surface area contributed by atoms with Gasteiger partial charge in [0.15, 0.2) is 0 Å². The van der Waals surface area contributed by atoms with E-state index in [1.54, 1.807) is 23.1 Å². The zero-order chi connectivity index (χ0) is 13.5. The minimum Gasteiger partial charge on any atom is -0.480 e. The third kappa shape index (κ3) is 3.58. The molecular formula is C12H15N3O3. The molecule has 1 heterocycles. The van der Waals surface area contributed by atoms with Crippen molar-refractivity contribution in [2.24, 2.45) is 0 Å². The Morgan fingerprint density at radius 2 is 2.33 bits per heavy atom. The predicted molar refractivity (Wildman–Crippen MR) is 67.7 cm³/mol. The Balaban J connectivity index is 3.00. The van der Waals surface area contributed by atoms with E-state index < -0.39 is 5.97 Å². The maximum Gasteiger partial charge on any atom is 0.323 e. The first kappa shape index (κ1) is 13.7. The van der Waals surface area contributed by atoms with Crippen LogP contribution in [0.5, 0.6) is 0 Å². The van der Waals surface area contributed by atoms with E-state index in [9.17, 15) is 9.59 Å². The number of carbonyl (C=O) groups excluding carboxylic acids is 1. The summed E-state index contributed by atoms with van der Waals surface area (Å²) in [6, 6.07) is 3.20. The number of hydrogen-bond donors (Lipinski definition) is 2. The van der Waals surface area contributed by atoms with Crippen LogP contribution >= 0.6 is 0 Å². The molecule has 96 valence electrons. The summed E-state index contributed by atoms with van der Waals surface area (Å²) in [5, 5.41) is 11.3. The van der Waals surface area contributed by atoms with E-state index in [1.807, 2.05) is 0 Å². The number of aromatic nitrogens is 1. The normalized spacial score (nSPS) is 9.61. The van der Waals surface area contributed by atoms with Crippen molar-refractivity contribution in [1.82, 2.24) is 10.3 Å². The van der Waals surface area contributed by atoms with Gasteiger partial charge in [0.1, 0.15) is 12.2 Å². The standard InChI is InChI=1S/C12H15N3O3/c1-3-6-15(8-11(16)17)9-4-5-14-10(7-9)12(18)13-2/h3-5,7H,1,6,8H2,2H3,(H,13,18)(H,16,17). The van der Waals surface area contributed by atoms with Gasteiger partial charge in [0.25, 0.3) is 5.91 Å². The molecule has 0 aliphatic heterocycles. The van der Waals surface area contributed by atoms with E-state index in [4.69, 9.17) is 5.11 Å². The molecular weight excluding hydrogens is 234 g/mol. The number of amides is 1. The highest BCUT2D eigenvalue weighted by Gasteiger charge is 2.12. The molecule has 1 amide bonds. The van der Waals surface area contributed by atoms with Gasteiger partial charge in [-0.25, -0.2) is 0 Å². The maximum absolute atomic E-state index is 11.4. The number of carboxylic acid groups (broad SMARTS) is 1. The highest BCUT2D eigenvalue weighted by molar-refractivity contribution is 5.93. The lowest BCUT2D eigenvalue weighted by atomic mass is 10.2. The highest BCUT2D eigenvalue weighted by atomic mass is 16.4. The summed E-state index contributed by atoms with van der Waals surface area (Å²) in [5.41, 5.74) is 0.861. The van der Waals surface area contributed by atoms with Crippen LogP contribution in [0.2, 0.25) is 0 Å². The Labute approximate surface area is 105 Å². The summed E-state index contributed by atoms with van der Waals surface area (Å²) in [4.78, 5) is 27.7. The Morgan fingerprint density at radius 3 is 2.89 bits per heavy atom. The minimum atomic E-state index is -0.949. The second-order valence-electron chi connectivity index (χ2n) is 3.54. The molecule has 6 nitrogen and oxygen atoms in total. The number of hydrogen-bond acceptors (Lipinski definition) is 4. The summed E-state index contributed by atoms with van der Waals surface area (Å²) >= 11 is 0. The third-order valence-corrected chi connectivity index (χ3v) is 2.24. The van der Waals surface area contributed by atoms with Crippen molar-refractivity contribution < 1.29 is 14.7 Å². The molecule has 1 aromatic heterocycles. The van der Waals surface area contributed by atoms with Crippen LogP contribution in [-0.2, 0) is 4.79 Å². The van der Waals surface area contributed by atoms with Gasteiger partial charge in [0.05, 0.1) is 0 Å². The molecule has 0 aromatic carbocycles. The average molecular weight is 249 g/mol. The summed E-state index contributed by atoms with van der Waals surface area (Å²) in [6.45, 7) is 3.79. The van der Waals surface area contributed by atoms with Gasteiger partial charge in [0, 0.05) is 25.5 Å². The monoisotopic (exact) mass is 249 g/mol. The Morgan fingerprint density at radius 1 is 1.61 bits per heavy atom. The highest BCUT2D eigenvalue weighted by Crippen LogP contribution is 2.14. The van der Waals surface area contributed by atoms with Crippen LogP contribution in [0, 0.1) is 0 Å². The largest absolute Gasteiger partial charge is 0.480 e. The van der Waals surface area contributed by atoms with Gasteiger partial charge >= 0.3 is 5.97 Å². The fraction of sp³-hybridized carbons (Fsp3) is 0.250. The first-order chi connectivity index (χ1) is 8.58. The van der Waals surface area contributed by atoms with E-state index in [-0.39, 0.29) is 18.1 Å². The molecule has 0 spiro atoms. The van der Waals surface area contributed by atoms with E-state index >= 15 is 0 Å². The number of aliphatic carboxylic acids is 1. The molecule has 0 radical (unpaired) electrons.